The van der Waals surface area contributed by atoms with Crippen molar-refractivity contribution >= 4 is 5.91 Å². The molecule has 334 valence electrons. The molecule has 0 aromatic rings. The summed E-state index contributed by atoms with van der Waals surface area (Å²) < 4.78 is 0. The van der Waals surface area contributed by atoms with Crippen LogP contribution in [-0.4, -0.2) is 34.9 Å². The number of unbranched alkanes of at least 4 members (excludes halogenated alkanes) is 25. The maximum Gasteiger partial charge on any atom is 0.220 e. The zero-order chi connectivity index (χ0) is 42.1. The largest absolute Gasteiger partial charge is 0.394 e. The van der Waals surface area contributed by atoms with E-state index in [9.17, 15) is 15.0 Å². The molecule has 0 heterocycles. The number of aliphatic hydroxyl groups excluding tert-OH is 2. The van der Waals surface area contributed by atoms with Crippen molar-refractivity contribution in [2.24, 2.45) is 0 Å². The van der Waals surface area contributed by atoms with Gasteiger partial charge in [-0.05, 0) is 77.0 Å². The van der Waals surface area contributed by atoms with Crippen molar-refractivity contribution < 1.29 is 15.0 Å². The van der Waals surface area contributed by atoms with Crippen molar-refractivity contribution in [1.29, 1.82) is 0 Å². The van der Waals surface area contributed by atoms with Gasteiger partial charge >= 0.3 is 0 Å². The van der Waals surface area contributed by atoms with Gasteiger partial charge in [-0.25, -0.2) is 0 Å². The standard InChI is InChI=1S/C54H95NO3/c1-3-5-7-9-11-13-15-17-19-21-23-25-26-27-28-30-32-34-36-38-40-42-44-46-48-50-54(58)55-52(51-56)53(57)49-47-45-43-41-39-37-35-33-31-29-24-22-20-18-16-14-12-10-8-6-4-2/h5,7,11,13,17,19,23,25,27-28,39,41,47,49,52-53,56-57H,3-4,6,8-10,12,14-16,18,20-22,24,26,29-38,40,42-46,48,50-51H2,1-2H3,(H,55,58)/b7-5-,13-11-,19-17-,25-23-,28-27-,41-39+,49-47+. The molecule has 0 aliphatic heterocycles. The zero-order valence-electron chi connectivity index (χ0n) is 38.3. The number of hydrogen-bond acceptors (Lipinski definition) is 3. The Bertz CT molecular complexity index is 1050. The average Bonchev–Trinajstić information content (AvgIpc) is 3.23. The Kier molecular flexibility index (Phi) is 46.9. The summed E-state index contributed by atoms with van der Waals surface area (Å²) in [4.78, 5) is 12.4. The van der Waals surface area contributed by atoms with Crippen LogP contribution in [0, 0.1) is 0 Å². The molecule has 0 aromatic heterocycles. The molecule has 2 atom stereocenters. The topological polar surface area (TPSA) is 69.6 Å². The molecule has 0 fully saturated rings. The molecular formula is C54H95NO3. The fraction of sp³-hybridized carbons (Fsp3) is 0.722. The molecule has 3 N–H and O–H groups in total. The number of hydrogen-bond donors (Lipinski definition) is 3. The Morgan fingerprint density at radius 2 is 0.776 bits per heavy atom. The minimum absolute atomic E-state index is 0.0826. The van der Waals surface area contributed by atoms with Crippen LogP contribution in [0.4, 0.5) is 0 Å². The highest BCUT2D eigenvalue weighted by molar-refractivity contribution is 5.76. The van der Waals surface area contributed by atoms with Crippen LogP contribution in [0.5, 0.6) is 0 Å². The van der Waals surface area contributed by atoms with Gasteiger partial charge in [0, 0.05) is 6.42 Å². The second-order valence-corrected chi connectivity index (χ2v) is 16.5. The highest BCUT2D eigenvalue weighted by Gasteiger charge is 2.17. The maximum atomic E-state index is 12.4. The summed E-state index contributed by atoms with van der Waals surface area (Å²) in [5, 5.41) is 23.1. The minimum Gasteiger partial charge on any atom is -0.394 e. The first-order valence-electron chi connectivity index (χ1n) is 24.8. The van der Waals surface area contributed by atoms with Crippen LogP contribution in [0.15, 0.2) is 85.1 Å². The van der Waals surface area contributed by atoms with Crippen molar-refractivity contribution in [2.75, 3.05) is 6.61 Å². The van der Waals surface area contributed by atoms with E-state index in [0.29, 0.717) is 6.42 Å². The summed E-state index contributed by atoms with van der Waals surface area (Å²) in [7, 11) is 0. The Labute approximate surface area is 361 Å². The van der Waals surface area contributed by atoms with Crippen LogP contribution in [0.3, 0.4) is 0 Å². The molecule has 0 spiro atoms. The fourth-order valence-electron chi connectivity index (χ4n) is 7.10. The van der Waals surface area contributed by atoms with Crippen LogP contribution in [0.2, 0.25) is 0 Å². The van der Waals surface area contributed by atoms with Gasteiger partial charge in [0.2, 0.25) is 5.91 Å². The van der Waals surface area contributed by atoms with E-state index in [4.69, 9.17) is 0 Å². The fourth-order valence-corrected chi connectivity index (χ4v) is 7.10. The van der Waals surface area contributed by atoms with Crippen molar-refractivity contribution in [3.8, 4) is 0 Å². The molecule has 0 aliphatic carbocycles. The quantitative estimate of drug-likeness (QED) is 0.0424. The lowest BCUT2D eigenvalue weighted by Gasteiger charge is -2.19. The van der Waals surface area contributed by atoms with Gasteiger partial charge in [0.15, 0.2) is 0 Å². The minimum atomic E-state index is -0.870. The first-order valence-corrected chi connectivity index (χ1v) is 24.8. The molecule has 0 rings (SSSR count). The Morgan fingerprint density at radius 3 is 1.21 bits per heavy atom. The molecule has 0 bridgehead atoms. The molecular weight excluding hydrogens is 711 g/mol. The first kappa shape index (κ1) is 55.6. The number of rotatable bonds is 44. The van der Waals surface area contributed by atoms with Gasteiger partial charge in [-0.15, -0.1) is 0 Å². The lowest BCUT2D eigenvalue weighted by atomic mass is 10.0. The summed E-state index contributed by atoms with van der Waals surface area (Å²) in [6, 6.07) is -0.648. The predicted octanol–water partition coefficient (Wildman–Crippen LogP) is 16.0. The van der Waals surface area contributed by atoms with Gasteiger partial charge in [0.25, 0.3) is 0 Å². The Morgan fingerprint density at radius 1 is 0.431 bits per heavy atom. The van der Waals surface area contributed by atoms with E-state index in [2.05, 4.69) is 92.1 Å². The second-order valence-electron chi connectivity index (χ2n) is 16.5. The van der Waals surface area contributed by atoms with Crippen LogP contribution < -0.4 is 5.32 Å². The molecule has 58 heavy (non-hydrogen) atoms. The van der Waals surface area contributed by atoms with Gasteiger partial charge in [-0.1, -0.05) is 234 Å². The van der Waals surface area contributed by atoms with E-state index in [1.165, 1.54) is 141 Å². The van der Waals surface area contributed by atoms with Gasteiger partial charge in [0.05, 0.1) is 18.8 Å². The van der Waals surface area contributed by atoms with Crippen LogP contribution in [-0.2, 0) is 4.79 Å². The van der Waals surface area contributed by atoms with Gasteiger partial charge in [-0.3, -0.25) is 4.79 Å². The lowest BCUT2D eigenvalue weighted by molar-refractivity contribution is -0.123. The highest BCUT2D eigenvalue weighted by Crippen LogP contribution is 2.15. The number of aliphatic hydroxyl groups is 2. The molecule has 2 unspecified atom stereocenters. The normalized spacial score (nSPS) is 13.7. The Balaban J connectivity index is 3.62. The zero-order valence-corrected chi connectivity index (χ0v) is 38.3. The lowest BCUT2D eigenvalue weighted by Crippen LogP contribution is -2.45. The number of carbonyl (C=O) groups excluding carboxylic acids is 1. The maximum absolute atomic E-state index is 12.4. The van der Waals surface area contributed by atoms with Gasteiger partial charge in [0.1, 0.15) is 0 Å². The summed E-state index contributed by atoms with van der Waals surface area (Å²) in [6.07, 6.45) is 71.4. The molecule has 0 saturated heterocycles. The highest BCUT2D eigenvalue weighted by atomic mass is 16.3. The van der Waals surface area contributed by atoms with E-state index < -0.39 is 12.1 Å². The van der Waals surface area contributed by atoms with E-state index in [-0.39, 0.29) is 12.5 Å². The number of nitrogens with one attached hydrogen (secondary N) is 1. The molecule has 1 amide bonds. The Hall–Kier alpha value is -2.43. The van der Waals surface area contributed by atoms with Crippen LogP contribution in [0.25, 0.3) is 0 Å². The number of allylic oxidation sites excluding steroid dienone is 13. The average molecular weight is 806 g/mol. The molecule has 0 aromatic carbocycles. The second kappa shape index (κ2) is 48.9. The van der Waals surface area contributed by atoms with Crippen molar-refractivity contribution in [3.63, 3.8) is 0 Å². The molecule has 0 aliphatic rings. The smallest absolute Gasteiger partial charge is 0.220 e. The summed E-state index contributed by atoms with van der Waals surface area (Å²) >= 11 is 0. The third-order valence-electron chi connectivity index (χ3n) is 10.9. The predicted molar refractivity (Wildman–Crippen MR) is 257 cm³/mol. The summed E-state index contributed by atoms with van der Waals surface area (Å²) in [6.45, 7) is 4.19. The molecule has 4 heteroatoms. The van der Waals surface area contributed by atoms with E-state index >= 15 is 0 Å². The third-order valence-corrected chi connectivity index (χ3v) is 10.9. The summed E-state index contributed by atoms with van der Waals surface area (Å²) in [5.41, 5.74) is 0. The van der Waals surface area contributed by atoms with Crippen LogP contribution in [0.1, 0.15) is 232 Å². The molecule has 4 nitrogen and oxygen atoms in total. The number of carbonyl (C=O) groups is 1. The van der Waals surface area contributed by atoms with E-state index in [1.807, 2.05) is 6.08 Å². The third kappa shape index (κ3) is 44.7. The molecule has 0 saturated carbocycles. The monoisotopic (exact) mass is 806 g/mol. The van der Waals surface area contributed by atoms with E-state index in [0.717, 1.165) is 70.6 Å². The number of amides is 1. The molecule has 0 radical (unpaired) electrons. The van der Waals surface area contributed by atoms with Gasteiger partial charge in [-0.2, -0.15) is 0 Å². The van der Waals surface area contributed by atoms with E-state index in [1.54, 1.807) is 6.08 Å². The van der Waals surface area contributed by atoms with Crippen LogP contribution >= 0.6 is 0 Å². The van der Waals surface area contributed by atoms with Crippen molar-refractivity contribution in [3.05, 3.63) is 85.1 Å². The van der Waals surface area contributed by atoms with Crippen molar-refractivity contribution in [2.45, 2.75) is 244 Å². The van der Waals surface area contributed by atoms with Crippen molar-refractivity contribution in [1.82, 2.24) is 5.32 Å². The first-order chi connectivity index (χ1) is 28.7. The van der Waals surface area contributed by atoms with Gasteiger partial charge < -0.3 is 15.5 Å². The SMILES string of the molecule is CC/C=C\C/C=C\C/C=C\C/C=C\C/C=C\CCCCCCCCCCCC(=O)NC(CO)C(O)/C=C/CC/C=C/CCCCCCCCCCCCCCCCC. The summed E-state index contributed by atoms with van der Waals surface area (Å²) in [5.74, 6) is -0.0826.